The molecule has 0 spiro atoms. The number of hydrogen-bond acceptors (Lipinski definition) is 4. The maximum absolute atomic E-state index is 14.2. The average molecular weight is 570 g/mol. The Kier molecular flexibility index (Phi) is 9.57. The van der Waals surface area contributed by atoms with Gasteiger partial charge in [-0.3, -0.25) is 13.9 Å². The molecular formula is C33H35N3O4S. The fourth-order valence-corrected chi connectivity index (χ4v) is 6.10. The first-order chi connectivity index (χ1) is 19.7. The second-order valence-electron chi connectivity index (χ2n) is 9.99. The highest BCUT2D eigenvalue weighted by atomic mass is 32.2. The van der Waals surface area contributed by atoms with Crippen LogP contribution in [0.1, 0.15) is 22.3 Å². The number of para-hydroxylation sites is 1. The molecule has 4 aromatic rings. The highest BCUT2D eigenvalue weighted by molar-refractivity contribution is 7.92. The number of amides is 2. The van der Waals surface area contributed by atoms with E-state index in [-0.39, 0.29) is 23.8 Å². The second kappa shape index (κ2) is 13.3. The number of carbonyl (C=O) groups excluding carboxylic acids is 2. The van der Waals surface area contributed by atoms with E-state index in [0.717, 1.165) is 26.6 Å². The van der Waals surface area contributed by atoms with Gasteiger partial charge in [0.15, 0.2) is 0 Å². The molecule has 7 nitrogen and oxygen atoms in total. The Morgan fingerprint density at radius 1 is 0.756 bits per heavy atom. The highest BCUT2D eigenvalue weighted by Crippen LogP contribution is 2.25. The van der Waals surface area contributed by atoms with Gasteiger partial charge in [0.2, 0.25) is 11.8 Å². The Morgan fingerprint density at radius 2 is 1.37 bits per heavy atom. The van der Waals surface area contributed by atoms with Gasteiger partial charge in [-0.25, -0.2) is 8.42 Å². The van der Waals surface area contributed by atoms with E-state index < -0.39 is 28.5 Å². The lowest BCUT2D eigenvalue weighted by Gasteiger charge is -2.33. The van der Waals surface area contributed by atoms with Crippen molar-refractivity contribution in [1.29, 1.82) is 0 Å². The average Bonchev–Trinajstić information content (AvgIpc) is 2.98. The number of anilines is 1. The molecule has 8 heteroatoms. The second-order valence-corrected chi connectivity index (χ2v) is 11.9. The molecule has 0 bridgehead atoms. The number of nitrogens with one attached hydrogen (secondary N) is 1. The summed E-state index contributed by atoms with van der Waals surface area (Å²) in [5.74, 6) is -0.821. The van der Waals surface area contributed by atoms with E-state index in [1.54, 1.807) is 54.6 Å². The molecule has 1 N–H and O–H groups in total. The molecule has 4 aromatic carbocycles. The topological polar surface area (TPSA) is 86.8 Å². The van der Waals surface area contributed by atoms with Crippen LogP contribution in [0.5, 0.6) is 0 Å². The predicted octanol–water partition coefficient (Wildman–Crippen LogP) is 4.88. The minimum atomic E-state index is -4.10. The van der Waals surface area contributed by atoms with Crippen molar-refractivity contribution in [2.45, 2.75) is 37.8 Å². The molecule has 0 radical (unpaired) electrons. The molecule has 0 saturated carbocycles. The van der Waals surface area contributed by atoms with Gasteiger partial charge in [-0.15, -0.1) is 0 Å². The van der Waals surface area contributed by atoms with Crippen molar-refractivity contribution in [2.24, 2.45) is 0 Å². The lowest BCUT2D eigenvalue weighted by atomic mass is 10.0. The van der Waals surface area contributed by atoms with Crippen LogP contribution in [0.15, 0.2) is 114 Å². The van der Waals surface area contributed by atoms with Crippen molar-refractivity contribution in [2.75, 3.05) is 17.9 Å². The molecule has 0 aromatic heterocycles. The first-order valence-electron chi connectivity index (χ1n) is 13.4. The van der Waals surface area contributed by atoms with Gasteiger partial charge in [0.25, 0.3) is 10.0 Å². The van der Waals surface area contributed by atoms with Gasteiger partial charge < -0.3 is 10.2 Å². The number of hydrogen-bond donors (Lipinski definition) is 1. The van der Waals surface area contributed by atoms with E-state index in [4.69, 9.17) is 0 Å². The first-order valence-corrected chi connectivity index (χ1v) is 14.9. The zero-order chi connectivity index (χ0) is 29.4. The molecule has 0 aliphatic carbocycles. The van der Waals surface area contributed by atoms with E-state index >= 15 is 0 Å². The predicted molar refractivity (Wildman–Crippen MR) is 162 cm³/mol. The van der Waals surface area contributed by atoms with Crippen molar-refractivity contribution in [3.63, 3.8) is 0 Å². The molecule has 0 fully saturated rings. The fourth-order valence-electron chi connectivity index (χ4n) is 4.69. The van der Waals surface area contributed by atoms with Gasteiger partial charge in [0.1, 0.15) is 12.6 Å². The van der Waals surface area contributed by atoms with E-state index in [0.29, 0.717) is 5.69 Å². The lowest BCUT2D eigenvalue weighted by molar-refractivity contribution is -0.139. The summed E-state index contributed by atoms with van der Waals surface area (Å²) in [7, 11) is -2.57. The van der Waals surface area contributed by atoms with E-state index in [9.17, 15) is 18.0 Å². The van der Waals surface area contributed by atoms with Gasteiger partial charge >= 0.3 is 0 Å². The molecule has 0 aliphatic heterocycles. The number of benzene rings is 4. The Labute approximate surface area is 242 Å². The number of carbonyl (C=O) groups is 2. The monoisotopic (exact) mass is 569 g/mol. The van der Waals surface area contributed by atoms with E-state index in [2.05, 4.69) is 5.32 Å². The van der Waals surface area contributed by atoms with Crippen LogP contribution in [-0.4, -0.2) is 44.8 Å². The Morgan fingerprint density at radius 3 is 1.98 bits per heavy atom. The minimum absolute atomic E-state index is 0.0807. The number of likely N-dealkylation sites (N-methyl/N-ethyl adjacent to an activating group) is 1. The SMILES string of the molecule is CNC(=O)C(Cc1ccccc1)N(Cc1cccc(C)c1)C(=O)CN(c1ccccc1)S(=O)(=O)c1ccc(C)cc1. The zero-order valence-electron chi connectivity index (χ0n) is 23.5. The van der Waals surface area contributed by atoms with Crippen LogP contribution in [0.25, 0.3) is 0 Å². The van der Waals surface area contributed by atoms with Gasteiger partial charge in [-0.1, -0.05) is 96.1 Å². The molecule has 0 saturated heterocycles. The van der Waals surface area contributed by atoms with Crippen LogP contribution in [0.2, 0.25) is 0 Å². The highest BCUT2D eigenvalue weighted by Gasteiger charge is 2.34. The molecule has 1 atom stereocenters. The standard InChI is InChI=1S/C33H35N3O4S/c1-25-17-19-30(20-18-25)41(39,40)36(29-15-8-5-9-16-29)24-32(37)35(23-28-14-10-11-26(2)21-28)31(33(38)34-3)22-27-12-6-4-7-13-27/h4-21,31H,22-24H2,1-3H3,(H,34,38). The molecule has 2 amide bonds. The maximum Gasteiger partial charge on any atom is 0.264 e. The summed E-state index contributed by atoms with van der Waals surface area (Å²) < 4.78 is 29.0. The quantitative estimate of drug-likeness (QED) is 0.279. The van der Waals surface area contributed by atoms with Crippen molar-refractivity contribution in [3.8, 4) is 0 Å². The van der Waals surface area contributed by atoms with Crippen molar-refractivity contribution in [1.82, 2.24) is 10.2 Å². The van der Waals surface area contributed by atoms with Crippen LogP contribution >= 0.6 is 0 Å². The van der Waals surface area contributed by atoms with Crippen molar-refractivity contribution >= 4 is 27.5 Å². The van der Waals surface area contributed by atoms with Crippen LogP contribution < -0.4 is 9.62 Å². The number of sulfonamides is 1. The largest absolute Gasteiger partial charge is 0.357 e. The summed E-state index contributed by atoms with van der Waals surface area (Å²) in [5.41, 5.74) is 4.02. The lowest BCUT2D eigenvalue weighted by Crippen LogP contribution is -2.53. The summed E-state index contributed by atoms with van der Waals surface area (Å²) >= 11 is 0. The van der Waals surface area contributed by atoms with Gasteiger partial charge in [-0.05, 0) is 49.2 Å². The van der Waals surface area contributed by atoms with Crippen LogP contribution in [0.4, 0.5) is 5.69 Å². The maximum atomic E-state index is 14.2. The molecule has 212 valence electrons. The van der Waals surface area contributed by atoms with E-state index in [1.165, 1.54) is 11.9 Å². The zero-order valence-corrected chi connectivity index (χ0v) is 24.3. The normalized spacial score (nSPS) is 11.9. The minimum Gasteiger partial charge on any atom is -0.357 e. The molecule has 0 heterocycles. The van der Waals surface area contributed by atoms with Crippen LogP contribution in [-0.2, 0) is 32.6 Å². The Hall–Kier alpha value is -4.43. The number of aryl methyl sites for hydroxylation is 2. The molecular weight excluding hydrogens is 534 g/mol. The first kappa shape index (κ1) is 29.6. The summed E-state index contributed by atoms with van der Waals surface area (Å²) in [6.07, 6.45) is 0.272. The van der Waals surface area contributed by atoms with Crippen LogP contribution in [0.3, 0.4) is 0 Å². The molecule has 4 rings (SSSR count). The van der Waals surface area contributed by atoms with Crippen molar-refractivity contribution in [3.05, 3.63) is 131 Å². The summed E-state index contributed by atoms with van der Waals surface area (Å²) in [5, 5.41) is 2.70. The Bertz CT molecular complexity index is 1570. The van der Waals surface area contributed by atoms with Gasteiger partial charge in [0.05, 0.1) is 10.6 Å². The smallest absolute Gasteiger partial charge is 0.264 e. The third-order valence-electron chi connectivity index (χ3n) is 6.88. The summed E-state index contributed by atoms with van der Waals surface area (Å²) in [4.78, 5) is 29.1. The molecule has 1 unspecified atom stereocenters. The summed E-state index contributed by atoms with van der Waals surface area (Å²) in [6, 6.07) is 31.4. The van der Waals surface area contributed by atoms with Gasteiger partial charge in [0, 0.05) is 20.0 Å². The third-order valence-corrected chi connectivity index (χ3v) is 8.67. The summed E-state index contributed by atoms with van der Waals surface area (Å²) in [6.45, 7) is 3.50. The number of rotatable bonds is 11. The van der Waals surface area contributed by atoms with Crippen LogP contribution in [0, 0.1) is 13.8 Å². The fraction of sp³-hybridized carbons (Fsp3) is 0.212. The third kappa shape index (κ3) is 7.41. The van der Waals surface area contributed by atoms with Gasteiger partial charge in [-0.2, -0.15) is 0 Å². The van der Waals surface area contributed by atoms with Crippen molar-refractivity contribution < 1.29 is 18.0 Å². The number of nitrogens with zero attached hydrogens (tertiary/aromatic N) is 2. The molecule has 0 aliphatic rings. The Balaban J connectivity index is 1.77. The van der Waals surface area contributed by atoms with E-state index in [1.807, 2.05) is 68.4 Å². The molecule has 41 heavy (non-hydrogen) atoms.